The maximum absolute atomic E-state index is 12.6. The molecule has 27 heavy (non-hydrogen) atoms. The molecule has 0 bridgehead atoms. The fourth-order valence-corrected chi connectivity index (χ4v) is 2.96. The minimum atomic E-state index is -0.951. The molecule has 0 aliphatic heterocycles. The molecular formula is C21H23N3O3. The average molecular weight is 365 g/mol. The Balaban J connectivity index is 1.74. The summed E-state index contributed by atoms with van der Waals surface area (Å²) < 4.78 is 5.34. The first-order valence-electron chi connectivity index (χ1n) is 8.93. The van der Waals surface area contributed by atoms with Crippen LogP contribution >= 0.6 is 0 Å². The molecule has 3 rings (SSSR count). The normalized spacial score (nSPS) is 12.2. The number of esters is 1. The Labute approximate surface area is 157 Å². The van der Waals surface area contributed by atoms with E-state index in [0.29, 0.717) is 5.39 Å². The number of aryl methyl sites for hydroxylation is 1. The Morgan fingerprint density at radius 2 is 1.81 bits per heavy atom. The van der Waals surface area contributed by atoms with Crippen molar-refractivity contribution in [1.29, 1.82) is 0 Å². The number of H-pyrrole nitrogens is 1. The van der Waals surface area contributed by atoms with Gasteiger partial charge in [0.1, 0.15) is 0 Å². The molecule has 2 N–H and O–H groups in total. The smallest absolute Gasteiger partial charge is 0.360 e. The highest BCUT2D eigenvalue weighted by atomic mass is 16.5. The quantitative estimate of drug-likeness (QED) is 0.664. The van der Waals surface area contributed by atoms with Crippen LogP contribution in [0.3, 0.4) is 0 Å². The third-order valence-corrected chi connectivity index (χ3v) is 4.49. The van der Waals surface area contributed by atoms with Gasteiger partial charge in [0.05, 0.1) is 5.52 Å². The minimum absolute atomic E-state index is 0.170. The second-order valence-corrected chi connectivity index (χ2v) is 6.85. The number of ether oxygens (including phenoxy) is 1. The lowest BCUT2D eigenvalue weighted by molar-refractivity contribution is -0.123. The van der Waals surface area contributed by atoms with Gasteiger partial charge in [-0.2, -0.15) is 5.10 Å². The number of carbonyl (C=O) groups excluding carboxylic acids is 2. The second-order valence-electron chi connectivity index (χ2n) is 6.85. The van der Waals surface area contributed by atoms with Crippen molar-refractivity contribution in [2.24, 2.45) is 0 Å². The molecule has 0 fully saturated rings. The lowest BCUT2D eigenvalue weighted by atomic mass is 9.98. The zero-order chi connectivity index (χ0) is 19.6. The molecule has 0 aliphatic rings. The van der Waals surface area contributed by atoms with Crippen molar-refractivity contribution in [3.05, 3.63) is 59.3 Å². The molecule has 0 aliphatic carbocycles. The van der Waals surface area contributed by atoms with E-state index in [4.69, 9.17) is 4.74 Å². The molecule has 0 saturated carbocycles. The first-order valence-corrected chi connectivity index (χ1v) is 8.93. The molecule has 1 atom stereocenters. The molecule has 1 heterocycles. The van der Waals surface area contributed by atoms with Gasteiger partial charge >= 0.3 is 5.97 Å². The number of hydrogen-bond acceptors (Lipinski definition) is 4. The van der Waals surface area contributed by atoms with Gasteiger partial charge in [0, 0.05) is 11.1 Å². The Bertz CT molecular complexity index is 991. The van der Waals surface area contributed by atoms with Crippen LogP contribution in [0.15, 0.2) is 42.5 Å². The summed E-state index contributed by atoms with van der Waals surface area (Å²) in [5.74, 6) is -0.753. The third-order valence-electron chi connectivity index (χ3n) is 4.49. The van der Waals surface area contributed by atoms with Gasteiger partial charge in [-0.15, -0.1) is 0 Å². The maximum atomic E-state index is 12.6. The van der Waals surface area contributed by atoms with Crippen LogP contribution in [0.1, 0.15) is 48.3 Å². The van der Waals surface area contributed by atoms with E-state index in [2.05, 4.69) is 29.4 Å². The van der Waals surface area contributed by atoms with Crippen LogP contribution in [0, 0.1) is 6.92 Å². The van der Waals surface area contributed by atoms with Crippen molar-refractivity contribution >= 4 is 28.5 Å². The molecule has 0 spiro atoms. The van der Waals surface area contributed by atoms with E-state index in [0.717, 1.165) is 22.3 Å². The summed E-state index contributed by atoms with van der Waals surface area (Å²) in [6.45, 7) is 7.62. The van der Waals surface area contributed by atoms with Crippen LogP contribution < -0.4 is 5.32 Å². The number of amides is 1. The molecule has 2 aromatic carbocycles. The number of hydrogen-bond donors (Lipinski definition) is 2. The van der Waals surface area contributed by atoms with Crippen molar-refractivity contribution < 1.29 is 14.3 Å². The number of rotatable bonds is 5. The van der Waals surface area contributed by atoms with Gasteiger partial charge in [-0.1, -0.05) is 50.2 Å². The lowest BCUT2D eigenvalue weighted by Gasteiger charge is -2.18. The summed E-state index contributed by atoms with van der Waals surface area (Å²) in [5, 5.41) is 10.4. The second kappa shape index (κ2) is 7.61. The molecule has 6 heteroatoms. The molecule has 0 unspecified atom stereocenters. The highest BCUT2D eigenvalue weighted by Crippen LogP contribution is 2.27. The van der Waals surface area contributed by atoms with Gasteiger partial charge in [0.2, 0.25) is 0 Å². The standard InChI is InChI=1S/C21H23N3O3/c1-12(2)15-10-7-8-13(3)18(15)22-20(25)14(4)27-21(26)19-16-9-5-6-11-17(16)23-24-19/h5-12,14H,1-4H3,(H,22,25)(H,23,24)/t14-/m1/s1. The maximum Gasteiger partial charge on any atom is 0.360 e. The highest BCUT2D eigenvalue weighted by molar-refractivity contribution is 6.03. The Hall–Kier alpha value is -3.15. The number of carbonyl (C=O) groups is 2. The SMILES string of the molecule is Cc1cccc(C(C)C)c1NC(=O)[C@@H](C)OC(=O)c1n[nH]c2ccccc12. The van der Waals surface area contributed by atoms with E-state index in [-0.39, 0.29) is 17.5 Å². The molecule has 140 valence electrons. The topological polar surface area (TPSA) is 84.1 Å². The van der Waals surface area contributed by atoms with E-state index in [1.54, 1.807) is 13.0 Å². The fraction of sp³-hybridized carbons (Fsp3) is 0.286. The van der Waals surface area contributed by atoms with E-state index in [1.165, 1.54) is 0 Å². The van der Waals surface area contributed by atoms with Gasteiger partial charge in [-0.05, 0) is 37.0 Å². The number of nitrogens with one attached hydrogen (secondary N) is 2. The van der Waals surface area contributed by atoms with Gasteiger partial charge in [0.15, 0.2) is 11.8 Å². The fourth-order valence-electron chi connectivity index (χ4n) is 2.96. The molecule has 1 aromatic heterocycles. The van der Waals surface area contributed by atoms with E-state index in [1.807, 2.05) is 43.3 Å². The summed E-state index contributed by atoms with van der Waals surface area (Å²) in [5.41, 5.74) is 3.68. The largest absolute Gasteiger partial charge is 0.448 e. The summed E-state index contributed by atoms with van der Waals surface area (Å²) in [7, 11) is 0. The molecule has 1 amide bonds. The zero-order valence-corrected chi connectivity index (χ0v) is 15.9. The first-order chi connectivity index (χ1) is 12.9. The summed E-state index contributed by atoms with van der Waals surface area (Å²) in [6.07, 6.45) is -0.951. The number of para-hydroxylation sites is 2. The predicted molar refractivity (Wildman–Crippen MR) is 105 cm³/mol. The Morgan fingerprint density at radius 3 is 2.56 bits per heavy atom. The van der Waals surface area contributed by atoms with Crippen LogP contribution in [0.5, 0.6) is 0 Å². The van der Waals surface area contributed by atoms with Crippen molar-refractivity contribution in [3.8, 4) is 0 Å². The van der Waals surface area contributed by atoms with E-state index < -0.39 is 12.1 Å². The Kier molecular flexibility index (Phi) is 5.26. The van der Waals surface area contributed by atoms with Gasteiger partial charge in [-0.3, -0.25) is 9.89 Å². The van der Waals surface area contributed by atoms with E-state index in [9.17, 15) is 9.59 Å². The number of anilines is 1. The summed E-state index contributed by atoms with van der Waals surface area (Å²) in [6, 6.07) is 13.2. The van der Waals surface area contributed by atoms with E-state index >= 15 is 0 Å². The highest BCUT2D eigenvalue weighted by Gasteiger charge is 2.23. The number of nitrogens with zero attached hydrogens (tertiary/aromatic N) is 1. The van der Waals surface area contributed by atoms with Gasteiger partial charge in [-0.25, -0.2) is 4.79 Å². The van der Waals surface area contributed by atoms with Crippen molar-refractivity contribution in [3.63, 3.8) is 0 Å². The van der Waals surface area contributed by atoms with Crippen LogP contribution in [0.2, 0.25) is 0 Å². The van der Waals surface area contributed by atoms with Crippen LogP contribution in [0.25, 0.3) is 10.9 Å². The number of aromatic nitrogens is 2. The zero-order valence-electron chi connectivity index (χ0n) is 15.9. The van der Waals surface area contributed by atoms with Crippen molar-refractivity contribution in [2.75, 3.05) is 5.32 Å². The molecule has 0 radical (unpaired) electrons. The Morgan fingerprint density at radius 1 is 1.07 bits per heavy atom. The average Bonchev–Trinajstić information content (AvgIpc) is 3.07. The number of fused-ring (bicyclic) bond motifs is 1. The van der Waals surface area contributed by atoms with Gasteiger partial charge in [0.25, 0.3) is 5.91 Å². The van der Waals surface area contributed by atoms with Crippen LogP contribution in [-0.2, 0) is 9.53 Å². The minimum Gasteiger partial charge on any atom is -0.448 e. The molecule has 0 saturated heterocycles. The monoisotopic (exact) mass is 365 g/mol. The number of aromatic amines is 1. The molecule has 3 aromatic rings. The van der Waals surface area contributed by atoms with Crippen LogP contribution in [0.4, 0.5) is 5.69 Å². The first kappa shape index (κ1) is 18.6. The third kappa shape index (κ3) is 3.84. The summed E-state index contributed by atoms with van der Waals surface area (Å²) in [4.78, 5) is 25.0. The van der Waals surface area contributed by atoms with Crippen molar-refractivity contribution in [2.45, 2.75) is 39.7 Å². The summed E-state index contributed by atoms with van der Waals surface area (Å²) >= 11 is 0. The van der Waals surface area contributed by atoms with Gasteiger partial charge < -0.3 is 10.1 Å². The lowest BCUT2D eigenvalue weighted by Crippen LogP contribution is -2.30. The van der Waals surface area contributed by atoms with Crippen LogP contribution in [-0.4, -0.2) is 28.2 Å². The molecule has 6 nitrogen and oxygen atoms in total. The molecular weight excluding hydrogens is 342 g/mol. The van der Waals surface area contributed by atoms with Crippen molar-refractivity contribution in [1.82, 2.24) is 10.2 Å². The number of benzene rings is 2. The predicted octanol–water partition coefficient (Wildman–Crippen LogP) is 4.18.